The zero-order chi connectivity index (χ0) is 36.3. The monoisotopic (exact) mass is 699 g/mol. The molecule has 2 heterocycles. The average Bonchev–Trinajstić information content (AvgIpc) is 3.35. The van der Waals surface area contributed by atoms with Crippen LogP contribution in [0, 0.1) is 13.8 Å². The van der Waals surface area contributed by atoms with Gasteiger partial charge in [-0.15, -0.1) is 0 Å². The van der Waals surface area contributed by atoms with Crippen LogP contribution in [0.1, 0.15) is 58.2 Å². The van der Waals surface area contributed by atoms with Crippen molar-refractivity contribution in [1.29, 1.82) is 0 Å². The molecule has 9 heteroatoms. The second-order valence-corrected chi connectivity index (χ2v) is 18.5. The van der Waals surface area contributed by atoms with Crippen molar-refractivity contribution in [2.45, 2.75) is 52.2 Å². The van der Waals surface area contributed by atoms with Crippen LogP contribution in [0.3, 0.4) is 0 Å². The third kappa shape index (κ3) is 6.97. The number of carbonyl (C=O) groups excluding carboxylic acids is 2. The minimum atomic E-state index is -2.74. The van der Waals surface area contributed by atoms with Crippen molar-refractivity contribution in [3.05, 3.63) is 154 Å². The molecule has 8 nitrogen and oxygen atoms in total. The topological polar surface area (TPSA) is 101 Å². The molecule has 0 radical (unpaired) electrons. The first-order chi connectivity index (χ1) is 24.4. The van der Waals surface area contributed by atoms with Gasteiger partial charge in [0.05, 0.1) is 29.5 Å². The summed E-state index contributed by atoms with van der Waals surface area (Å²) < 4.78 is 8.77. The summed E-state index contributed by atoms with van der Waals surface area (Å²) in [5.74, 6) is -0.791. The molecule has 5 aromatic rings. The second-order valence-electron chi connectivity index (χ2n) is 14.2. The number of aliphatic hydroxyl groups excluding tert-OH is 1. The Morgan fingerprint density at radius 3 is 1.82 bits per heavy atom. The third-order valence-corrected chi connectivity index (χ3v) is 14.7. The first-order valence-corrected chi connectivity index (χ1v) is 19.3. The first kappa shape index (κ1) is 35.7. The zero-order valence-corrected chi connectivity index (χ0v) is 30.9. The van der Waals surface area contributed by atoms with Crippen molar-refractivity contribution in [1.82, 2.24) is 9.47 Å². The molecule has 262 valence electrons. The SMILES string of the molecule is Cc1cc(NC[C@H](O)CN2C(=O)c3ccccc3C2=O)cc(C)c1-n1cccc(CCO[Si](c2ccccc2)(c2ccccc2)C(C)(C)C)c1=O. The van der Waals surface area contributed by atoms with Gasteiger partial charge in [-0.25, -0.2) is 0 Å². The Hall–Kier alpha value is -5.09. The lowest BCUT2D eigenvalue weighted by atomic mass is 10.1. The summed E-state index contributed by atoms with van der Waals surface area (Å²) in [6.45, 7) is 11.1. The zero-order valence-electron chi connectivity index (χ0n) is 29.9. The average molecular weight is 700 g/mol. The predicted molar refractivity (Wildman–Crippen MR) is 205 cm³/mol. The molecule has 1 aromatic heterocycles. The highest BCUT2D eigenvalue weighted by atomic mass is 28.4. The normalized spacial score (nSPS) is 13.7. The Kier molecular flexibility index (Phi) is 10.3. The quantitative estimate of drug-likeness (QED) is 0.129. The van der Waals surface area contributed by atoms with Gasteiger partial charge in [0, 0.05) is 30.6 Å². The van der Waals surface area contributed by atoms with E-state index in [0.717, 1.165) is 27.4 Å². The van der Waals surface area contributed by atoms with Crippen LogP contribution in [0.2, 0.25) is 5.04 Å². The molecule has 51 heavy (non-hydrogen) atoms. The van der Waals surface area contributed by atoms with E-state index in [1.54, 1.807) is 35.0 Å². The summed E-state index contributed by atoms with van der Waals surface area (Å²) in [6, 6.07) is 35.3. The van der Waals surface area contributed by atoms with Gasteiger partial charge in [-0.2, -0.15) is 0 Å². The number of β-amino-alcohol motifs (C(OH)–C–C–N with tert-alkyl or cyclic N) is 1. The number of carbonyl (C=O) groups is 2. The van der Waals surface area contributed by atoms with E-state index in [0.29, 0.717) is 29.7 Å². The molecule has 2 amide bonds. The fourth-order valence-electron chi connectivity index (χ4n) is 7.33. The number of imide groups is 1. The van der Waals surface area contributed by atoms with E-state index in [1.807, 2.05) is 50.2 Å². The van der Waals surface area contributed by atoms with Crippen molar-refractivity contribution in [3.8, 4) is 5.69 Å². The van der Waals surface area contributed by atoms with Crippen LogP contribution in [-0.4, -0.2) is 60.5 Å². The highest BCUT2D eigenvalue weighted by Crippen LogP contribution is 2.37. The maximum Gasteiger partial charge on any atom is 0.261 e. The highest BCUT2D eigenvalue weighted by molar-refractivity contribution is 6.99. The number of fused-ring (bicyclic) bond motifs is 1. The number of amides is 2. The molecule has 0 bridgehead atoms. The van der Waals surface area contributed by atoms with Gasteiger partial charge in [0.1, 0.15) is 0 Å². The van der Waals surface area contributed by atoms with Crippen molar-refractivity contribution in [3.63, 3.8) is 0 Å². The van der Waals surface area contributed by atoms with Gasteiger partial charge in [-0.05, 0) is 77.1 Å². The van der Waals surface area contributed by atoms with Crippen LogP contribution in [-0.2, 0) is 10.8 Å². The van der Waals surface area contributed by atoms with E-state index >= 15 is 0 Å². The molecule has 2 N–H and O–H groups in total. The summed E-state index contributed by atoms with van der Waals surface area (Å²) in [5.41, 5.74) is 4.63. The molecule has 1 aliphatic heterocycles. The number of aliphatic hydroxyl groups is 1. The van der Waals surface area contributed by atoms with Gasteiger partial charge >= 0.3 is 0 Å². The molecule has 4 aromatic carbocycles. The van der Waals surface area contributed by atoms with E-state index in [4.69, 9.17) is 4.43 Å². The Morgan fingerprint density at radius 1 is 0.765 bits per heavy atom. The van der Waals surface area contributed by atoms with Gasteiger partial charge in [0.15, 0.2) is 0 Å². The molecular weight excluding hydrogens is 655 g/mol. The highest BCUT2D eigenvalue weighted by Gasteiger charge is 2.50. The second kappa shape index (κ2) is 14.6. The minimum absolute atomic E-state index is 0.0909. The summed E-state index contributed by atoms with van der Waals surface area (Å²) in [5, 5.41) is 16.2. The molecule has 0 saturated heterocycles. The van der Waals surface area contributed by atoms with Gasteiger partial charge in [-0.3, -0.25) is 23.9 Å². The number of nitrogens with one attached hydrogen (secondary N) is 1. The number of benzene rings is 4. The Morgan fingerprint density at radius 2 is 1.29 bits per heavy atom. The number of nitrogens with zero attached hydrogens (tertiary/aromatic N) is 2. The van der Waals surface area contributed by atoms with E-state index < -0.39 is 26.2 Å². The number of aryl methyl sites for hydroxylation is 2. The van der Waals surface area contributed by atoms with Gasteiger partial charge < -0.3 is 14.8 Å². The fourth-order valence-corrected chi connectivity index (χ4v) is 11.9. The minimum Gasteiger partial charge on any atom is -0.407 e. The largest absolute Gasteiger partial charge is 0.407 e. The molecule has 0 spiro atoms. The van der Waals surface area contributed by atoms with Crippen LogP contribution in [0.5, 0.6) is 0 Å². The van der Waals surface area contributed by atoms with Crippen molar-refractivity contribution in [2.24, 2.45) is 0 Å². The van der Waals surface area contributed by atoms with Crippen LogP contribution in [0.25, 0.3) is 5.69 Å². The van der Waals surface area contributed by atoms with Crippen LogP contribution in [0.4, 0.5) is 5.69 Å². The summed E-state index contributed by atoms with van der Waals surface area (Å²) in [4.78, 5) is 40.5. The first-order valence-electron chi connectivity index (χ1n) is 17.4. The van der Waals surface area contributed by atoms with E-state index in [-0.39, 0.29) is 23.7 Å². The summed E-state index contributed by atoms with van der Waals surface area (Å²) in [7, 11) is -2.74. The van der Waals surface area contributed by atoms with E-state index in [1.165, 1.54) is 10.4 Å². The number of anilines is 1. The lowest BCUT2D eigenvalue weighted by Crippen LogP contribution is -2.66. The fraction of sp³-hybridized carbons (Fsp3) is 0.262. The molecule has 0 fully saturated rings. The molecule has 1 atom stereocenters. The van der Waals surface area contributed by atoms with Crippen molar-refractivity contribution in [2.75, 3.05) is 25.0 Å². The molecule has 1 aliphatic rings. The third-order valence-electron chi connectivity index (χ3n) is 9.68. The Labute approximate surface area is 300 Å². The summed E-state index contributed by atoms with van der Waals surface area (Å²) in [6.07, 6.45) is 1.29. The molecule has 0 unspecified atom stereocenters. The standard InChI is InChI=1S/C42H45N3O5Si/c1-29-25-32(43-27-33(46)28-45-40(48)36-20-12-13-21-37(36)41(45)49)26-30(2)38(29)44-23-14-15-31(39(44)47)22-24-50-51(42(3,4)5,34-16-8-6-9-17-34)35-18-10-7-11-19-35/h6-21,23,25-26,33,43,46H,22,24,27-28H2,1-5H3/t33-/m0/s1. The Bertz CT molecular complexity index is 2010. The van der Waals surface area contributed by atoms with Crippen molar-refractivity contribution >= 4 is 36.2 Å². The maximum absolute atomic E-state index is 14.0. The number of pyridine rings is 1. The lowest BCUT2D eigenvalue weighted by Gasteiger charge is -2.43. The summed E-state index contributed by atoms with van der Waals surface area (Å²) >= 11 is 0. The van der Waals surface area contributed by atoms with E-state index in [2.05, 4.69) is 74.6 Å². The number of hydrogen-bond acceptors (Lipinski definition) is 6. The van der Waals surface area contributed by atoms with Crippen LogP contribution >= 0.6 is 0 Å². The predicted octanol–water partition coefficient (Wildman–Crippen LogP) is 5.64. The molecule has 0 aliphatic carbocycles. The van der Waals surface area contributed by atoms with Gasteiger partial charge in [0.2, 0.25) is 0 Å². The number of aromatic nitrogens is 1. The Balaban J connectivity index is 1.17. The molecule has 6 rings (SSSR count). The number of hydrogen-bond donors (Lipinski definition) is 2. The van der Waals surface area contributed by atoms with Gasteiger partial charge in [0.25, 0.3) is 25.7 Å². The molecule has 0 saturated carbocycles. The smallest absolute Gasteiger partial charge is 0.261 e. The lowest BCUT2D eigenvalue weighted by molar-refractivity contribution is 0.0557. The van der Waals surface area contributed by atoms with E-state index in [9.17, 15) is 19.5 Å². The van der Waals surface area contributed by atoms with Crippen molar-refractivity contribution < 1.29 is 19.1 Å². The number of rotatable bonds is 12. The van der Waals surface area contributed by atoms with Gasteiger partial charge in [-0.1, -0.05) is 99.6 Å². The molecular formula is C42H45N3O5Si. The van der Waals surface area contributed by atoms with Crippen LogP contribution in [0.15, 0.2) is 120 Å². The van der Waals surface area contributed by atoms with Crippen LogP contribution < -0.4 is 21.2 Å². The maximum atomic E-state index is 14.0.